The zero-order valence-corrected chi connectivity index (χ0v) is 16.5. The number of rotatable bonds is 9. The van der Waals surface area contributed by atoms with Gasteiger partial charge in [-0.1, -0.05) is 11.6 Å². The van der Waals surface area contributed by atoms with Crippen molar-refractivity contribution in [2.75, 3.05) is 32.6 Å². The van der Waals surface area contributed by atoms with E-state index in [2.05, 4.69) is 4.72 Å². The number of nitriles is 1. The van der Waals surface area contributed by atoms with Gasteiger partial charge < -0.3 is 9.47 Å². The van der Waals surface area contributed by atoms with Crippen LogP contribution in [0, 0.1) is 11.3 Å². The molecule has 0 saturated carbocycles. The predicted molar refractivity (Wildman–Crippen MR) is 101 cm³/mol. The summed E-state index contributed by atoms with van der Waals surface area (Å²) in [7, 11) is -1.81. The zero-order chi connectivity index (χ0) is 19.0. The molecule has 0 radical (unpaired) electrons. The Balaban J connectivity index is 2.18. The molecule has 26 heavy (non-hydrogen) atoms. The third-order valence-corrected chi connectivity index (χ3v) is 6.41. The van der Waals surface area contributed by atoms with Gasteiger partial charge in [-0.05, 0) is 43.9 Å². The second-order valence-corrected chi connectivity index (χ2v) is 8.86. The van der Waals surface area contributed by atoms with Gasteiger partial charge >= 0.3 is 0 Å². The van der Waals surface area contributed by atoms with E-state index < -0.39 is 15.4 Å². The number of halogens is 1. The number of ether oxygens (including phenoxy) is 2. The Labute approximate surface area is 160 Å². The minimum Gasteiger partial charge on any atom is -0.496 e. The van der Waals surface area contributed by atoms with Crippen molar-refractivity contribution in [3.8, 4) is 11.8 Å². The molecule has 1 aliphatic rings. The van der Waals surface area contributed by atoms with Crippen LogP contribution >= 0.6 is 11.6 Å². The Hall–Kier alpha value is -1.33. The highest BCUT2D eigenvalue weighted by Crippen LogP contribution is 2.40. The van der Waals surface area contributed by atoms with E-state index in [9.17, 15) is 8.42 Å². The van der Waals surface area contributed by atoms with Gasteiger partial charge in [0.2, 0.25) is 10.0 Å². The molecule has 8 heteroatoms. The van der Waals surface area contributed by atoms with E-state index in [0.29, 0.717) is 56.1 Å². The minimum absolute atomic E-state index is 0.0218. The van der Waals surface area contributed by atoms with Crippen molar-refractivity contribution in [2.24, 2.45) is 0 Å². The van der Waals surface area contributed by atoms with Crippen LogP contribution in [0.25, 0.3) is 0 Å². The van der Waals surface area contributed by atoms with E-state index in [1.54, 1.807) is 13.2 Å². The normalized spacial score (nSPS) is 16.8. The Morgan fingerprint density at radius 1 is 1.35 bits per heavy atom. The first kappa shape index (κ1) is 21.0. The lowest BCUT2D eigenvalue weighted by molar-refractivity contribution is 0.0509. The standard InChI is InChI=1S/C18H25ClN2O4S/c1-24-17-6-5-15(19)13-16(17)18(7-10-25-11-8-18)14-21-26(22,23)12-4-2-3-9-20/h5-6,13,21H,2-4,7-8,10-12,14H2,1H3. The summed E-state index contributed by atoms with van der Waals surface area (Å²) in [6.45, 7) is 1.38. The average molecular weight is 401 g/mol. The molecule has 0 aromatic heterocycles. The SMILES string of the molecule is COc1ccc(Cl)cc1C1(CNS(=O)(=O)CCCCC#N)CCOCC1. The number of nitrogens with zero attached hydrogens (tertiary/aromatic N) is 1. The fourth-order valence-electron chi connectivity index (χ4n) is 3.21. The third kappa shape index (κ3) is 5.58. The van der Waals surface area contributed by atoms with Gasteiger partial charge in [-0.25, -0.2) is 13.1 Å². The van der Waals surface area contributed by atoms with Crippen LogP contribution in [-0.2, 0) is 20.2 Å². The Morgan fingerprint density at radius 3 is 2.73 bits per heavy atom. The van der Waals surface area contributed by atoms with Gasteiger partial charge in [-0.2, -0.15) is 5.26 Å². The van der Waals surface area contributed by atoms with Gasteiger partial charge in [-0.3, -0.25) is 0 Å². The molecule has 1 aromatic rings. The zero-order valence-electron chi connectivity index (χ0n) is 15.0. The molecule has 1 N–H and O–H groups in total. The highest BCUT2D eigenvalue weighted by atomic mass is 35.5. The summed E-state index contributed by atoms with van der Waals surface area (Å²) in [5.41, 5.74) is 0.483. The van der Waals surface area contributed by atoms with Gasteiger partial charge in [0.15, 0.2) is 0 Å². The van der Waals surface area contributed by atoms with E-state index in [0.717, 1.165) is 5.56 Å². The summed E-state index contributed by atoms with van der Waals surface area (Å²) >= 11 is 6.19. The maximum Gasteiger partial charge on any atom is 0.211 e. The first-order valence-corrected chi connectivity index (χ1v) is 10.7. The van der Waals surface area contributed by atoms with E-state index >= 15 is 0 Å². The van der Waals surface area contributed by atoms with E-state index in [1.165, 1.54) is 0 Å². The highest BCUT2D eigenvalue weighted by Gasteiger charge is 2.38. The van der Waals surface area contributed by atoms with Gasteiger partial charge in [-0.15, -0.1) is 0 Å². The van der Waals surface area contributed by atoms with Crippen molar-refractivity contribution >= 4 is 21.6 Å². The number of hydrogen-bond acceptors (Lipinski definition) is 5. The van der Waals surface area contributed by atoms with Crippen molar-refractivity contribution in [1.82, 2.24) is 4.72 Å². The molecule has 0 unspecified atom stereocenters. The molecule has 0 aliphatic carbocycles. The Kier molecular flexibility index (Phi) is 7.71. The number of sulfonamides is 1. The maximum absolute atomic E-state index is 12.3. The van der Waals surface area contributed by atoms with Crippen LogP contribution < -0.4 is 9.46 Å². The van der Waals surface area contributed by atoms with Crippen LogP contribution in [0.4, 0.5) is 0 Å². The van der Waals surface area contributed by atoms with Crippen LogP contribution in [0.1, 0.15) is 37.7 Å². The summed E-state index contributed by atoms with van der Waals surface area (Å²) in [5, 5.41) is 9.14. The van der Waals surface area contributed by atoms with Crippen LogP contribution in [0.5, 0.6) is 5.75 Å². The number of benzene rings is 1. The monoisotopic (exact) mass is 400 g/mol. The quantitative estimate of drug-likeness (QED) is 0.643. The average Bonchev–Trinajstić information content (AvgIpc) is 2.64. The summed E-state index contributed by atoms with van der Waals surface area (Å²) in [6, 6.07) is 7.45. The number of nitrogens with one attached hydrogen (secondary N) is 1. The van der Waals surface area contributed by atoms with Crippen LogP contribution in [0.3, 0.4) is 0 Å². The van der Waals surface area contributed by atoms with Crippen molar-refractivity contribution in [1.29, 1.82) is 5.26 Å². The fraction of sp³-hybridized carbons (Fsp3) is 0.611. The first-order valence-electron chi connectivity index (χ1n) is 8.68. The topological polar surface area (TPSA) is 88.4 Å². The number of unbranched alkanes of at least 4 members (excludes halogenated alkanes) is 2. The molecule has 6 nitrogen and oxygen atoms in total. The number of hydrogen-bond donors (Lipinski definition) is 1. The molecule has 0 amide bonds. The van der Waals surface area contributed by atoms with Gasteiger partial charge in [0.25, 0.3) is 0 Å². The molecule has 1 aromatic carbocycles. The second-order valence-electron chi connectivity index (χ2n) is 6.49. The van der Waals surface area contributed by atoms with E-state index in [4.69, 9.17) is 26.3 Å². The van der Waals surface area contributed by atoms with Crippen molar-refractivity contribution in [2.45, 2.75) is 37.5 Å². The van der Waals surface area contributed by atoms with Crippen LogP contribution in [0.15, 0.2) is 18.2 Å². The first-order chi connectivity index (χ1) is 12.4. The van der Waals surface area contributed by atoms with Crippen molar-refractivity contribution in [3.05, 3.63) is 28.8 Å². The number of methoxy groups -OCH3 is 1. The van der Waals surface area contributed by atoms with Gasteiger partial charge in [0.1, 0.15) is 5.75 Å². The largest absolute Gasteiger partial charge is 0.496 e. The van der Waals surface area contributed by atoms with Gasteiger partial charge in [0.05, 0.1) is 18.9 Å². The van der Waals surface area contributed by atoms with Crippen LogP contribution in [0.2, 0.25) is 5.02 Å². The fourth-order valence-corrected chi connectivity index (χ4v) is 4.61. The summed E-state index contributed by atoms with van der Waals surface area (Å²) in [4.78, 5) is 0. The Morgan fingerprint density at radius 2 is 2.08 bits per heavy atom. The Bertz CT molecular complexity index is 740. The summed E-state index contributed by atoms with van der Waals surface area (Å²) in [5.74, 6) is 0.720. The molecular formula is C18H25ClN2O4S. The molecule has 0 bridgehead atoms. The van der Waals surface area contributed by atoms with Crippen molar-refractivity contribution in [3.63, 3.8) is 0 Å². The van der Waals surface area contributed by atoms with Crippen molar-refractivity contribution < 1.29 is 17.9 Å². The smallest absolute Gasteiger partial charge is 0.211 e. The predicted octanol–water partition coefficient (Wildman–Crippen LogP) is 3.01. The lowest BCUT2D eigenvalue weighted by Gasteiger charge is -2.38. The van der Waals surface area contributed by atoms with E-state index in [1.807, 2.05) is 18.2 Å². The lowest BCUT2D eigenvalue weighted by Crippen LogP contribution is -2.45. The molecule has 0 atom stereocenters. The lowest BCUT2D eigenvalue weighted by atomic mass is 9.74. The molecule has 144 valence electrons. The van der Waals surface area contributed by atoms with Crippen LogP contribution in [-0.4, -0.2) is 41.0 Å². The summed E-state index contributed by atoms with van der Waals surface area (Å²) in [6.07, 6.45) is 2.79. The molecule has 0 spiro atoms. The molecule has 1 heterocycles. The maximum atomic E-state index is 12.3. The molecule has 1 saturated heterocycles. The summed E-state index contributed by atoms with van der Waals surface area (Å²) < 4.78 is 38.4. The minimum atomic E-state index is -3.41. The highest BCUT2D eigenvalue weighted by molar-refractivity contribution is 7.89. The molecule has 2 rings (SSSR count). The third-order valence-electron chi connectivity index (χ3n) is 4.76. The second kappa shape index (κ2) is 9.56. The molecular weight excluding hydrogens is 376 g/mol. The van der Waals surface area contributed by atoms with Gasteiger partial charge in [0, 0.05) is 42.2 Å². The molecule has 1 aliphatic heterocycles. The van der Waals surface area contributed by atoms with E-state index in [-0.39, 0.29) is 12.3 Å². The molecule has 1 fully saturated rings.